The van der Waals surface area contributed by atoms with Crippen LogP contribution in [0.25, 0.3) is 0 Å². The van der Waals surface area contributed by atoms with Gasteiger partial charge >= 0.3 is 0 Å². The molecule has 1 aliphatic rings. The summed E-state index contributed by atoms with van der Waals surface area (Å²) in [5.74, 6) is 0.519. The molecule has 0 radical (unpaired) electrons. The van der Waals surface area contributed by atoms with Crippen molar-refractivity contribution >= 4 is 29.3 Å². The molecule has 0 aromatic heterocycles. The Labute approximate surface area is 194 Å². The maximum absolute atomic E-state index is 13.0. The van der Waals surface area contributed by atoms with E-state index in [1.807, 2.05) is 65.6 Å². The van der Waals surface area contributed by atoms with Crippen LogP contribution < -0.4 is 5.32 Å². The minimum atomic E-state index is -0.108. The Balaban J connectivity index is 1.50. The molecule has 5 heteroatoms. The predicted molar refractivity (Wildman–Crippen MR) is 132 cm³/mol. The molecule has 164 valence electrons. The zero-order valence-electron chi connectivity index (χ0n) is 18.5. The van der Waals surface area contributed by atoms with Crippen molar-refractivity contribution in [2.75, 3.05) is 11.1 Å². The van der Waals surface area contributed by atoms with Gasteiger partial charge in [-0.3, -0.25) is 9.59 Å². The topological polar surface area (TPSA) is 49.4 Å². The number of nitrogens with one attached hydrogen (secondary N) is 1. The van der Waals surface area contributed by atoms with Gasteiger partial charge in [-0.25, -0.2) is 0 Å². The van der Waals surface area contributed by atoms with Crippen molar-refractivity contribution in [1.29, 1.82) is 0 Å². The maximum Gasteiger partial charge on any atom is 0.255 e. The highest BCUT2D eigenvalue weighted by Gasteiger charge is 2.32. The van der Waals surface area contributed by atoms with Gasteiger partial charge in [-0.2, -0.15) is 0 Å². The number of aryl methyl sites for hydroxylation is 2. The molecule has 1 saturated heterocycles. The van der Waals surface area contributed by atoms with Crippen molar-refractivity contribution in [2.45, 2.75) is 38.6 Å². The van der Waals surface area contributed by atoms with Crippen LogP contribution in [0, 0.1) is 0 Å². The minimum absolute atomic E-state index is 0.0349. The van der Waals surface area contributed by atoms with Gasteiger partial charge in [0.05, 0.1) is 5.75 Å². The lowest BCUT2D eigenvalue weighted by Gasteiger charge is -2.24. The van der Waals surface area contributed by atoms with E-state index in [4.69, 9.17) is 0 Å². The summed E-state index contributed by atoms with van der Waals surface area (Å²) < 4.78 is 0. The van der Waals surface area contributed by atoms with Crippen LogP contribution in [0.15, 0.2) is 72.8 Å². The molecule has 0 aliphatic carbocycles. The Morgan fingerprint density at radius 2 is 1.59 bits per heavy atom. The van der Waals surface area contributed by atoms with Gasteiger partial charge in [-0.05, 0) is 47.2 Å². The average Bonchev–Trinajstić information content (AvgIpc) is 3.19. The van der Waals surface area contributed by atoms with Crippen molar-refractivity contribution < 1.29 is 9.59 Å². The van der Waals surface area contributed by atoms with Crippen molar-refractivity contribution in [3.63, 3.8) is 0 Å². The number of thioether (sulfide) groups is 1. The van der Waals surface area contributed by atoms with Gasteiger partial charge in [-0.15, -0.1) is 11.8 Å². The Kier molecular flexibility index (Phi) is 6.96. The summed E-state index contributed by atoms with van der Waals surface area (Å²) in [5.41, 5.74) is 5.99. The normalized spacial score (nSPS) is 15.8. The molecule has 4 rings (SSSR count). The number of benzene rings is 3. The summed E-state index contributed by atoms with van der Waals surface area (Å²) in [7, 11) is 0. The number of carbonyl (C=O) groups excluding carboxylic acids is 2. The van der Waals surface area contributed by atoms with Gasteiger partial charge in [-0.1, -0.05) is 74.5 Å². The van der Waals surface area contributed by atoms with Crippen LogP contribution in [0.3, 0.4) is 0 Å². The maximum atomic E-state index is 13.0. The second-order valence-corrected chi connectivity index (χ2v) is 8.97. The van der Waals surface area contributed by atoms with Crippen molar-refractivity contribution in [3.8, 4) is 0 Å². The molecule has 1 fully saturated rings. The summed E-state index contributed by atoms with van der Waals surface area (Å²) in [6, 6.07) is 23.9. The molecule has 1 atom stereocenters. The fourth-order valence-corrected chi connectivity index (χ4v) is 5.26. The highest BCUT2D eigenvalue weighted by atomic mass is 32.2. The first-order valence-electron chi connectivity index (χ1n) is 11.1. The number of anilines is 1. The van der Waals surface area contributed by atoms with Crippen LogP contribution in [-0.2, 0) is 24.2 Å². The standard InChI is InChI=1S/C27H28N2O2S/c1-3-20-11-8-12-21(4-2)25(20)28-26(31)22-13-15-23(16-14-22)27-29(24(30)18-32-27)17-19-9-6-5-7-10-19/h5-16,27H,3-4,17-18H2,1-2H3,(H,28,31)/t27-/m0/s1. The largest absolute Gasteiger partial charge is 0.322 e. The van der Waals surface area contributed by atoms with Crippen LogP contribution in [0.5, 0.6) is 0 Å². The number of rotatable bonds is 7. The lowest BCUT2D eigenvalue weighted by Crippen LogP contribution is -2.27. The third-order valence-electron chi connectivity index (χ3n) is 5.86. The van der Waals surface area contributed by atoms with Crippen LogP contribution in [-0.4, -0.2) is 22.5 Å². The van der Waals surface area contributed by atoms with Crippen molar-refractivity contribution in [3.05, 3.63) is 101 Å². The highest BCUT2D eigenvalue weighted by Crippen LogP contribution is 2.39. The number of carbonyl (C=O) groups is 2. The van der Waals surface area contributed by atoms with E-state index in [2.05, 4.69) is 31.3 Å². The van der Waals surface area contributed by atoms with Crippen LogP contribution >= 0.6 is 11.8 Å². The molecule has 0 bridgehead atoms. The first kappa shape index (κ1) is 22.2. The number of nitrogens with zero attached hydrogens (tertiary/aromatic N) is 1. The average molecular weight is 445 g/mol. The summed E-state index contributed by atoms with van der Waals surface area (Å²) in [6.07, 6.45) is 1.74. The van der Waals surface area contributed by atoms with Crippen molar-refractivity contribution in [2.24, 2.45) is 0 Å². The molecule has 1 aliphatic heterocycles. The van der Waals surface area contributed by atoms with E-state index in [0.717, 1.165) is 40.8 Å². The third-order valence-corrected chi connectivity index (χ3v) is 7.12. The van der Waals surface area contributed by atoms with E-state index < -0.39 is 0 Å². The predicted octanol–water partition coefficient (Wildman–Crippen LogP) is 5.84. The molecule has 0 unspecified atom stereocenters. The summed E-state index contributed by atoms with van der Waals surface area (Å²) in [4.78, 5) is 27.4. The van der Waals surface area contributed by atoms with E-state index in [9.17, 15) is 9.59 Å². The van der Waals surface area contributed by atoms with E-state index in [0.29, 0.717) is 17.9 Å². The first-order chi connectivity index (χ1) is 15.6. The fourth-order valence-electron chi connectivity index (χ4n) is 4.07. The summed E-state index contributed by atoms with van der Waals surface area (Å²) >= 11 is 1.63. The molecule has 0 saturated carbocycles. The molecule has 3 aromatic carbocycles. The van der Waals surface area contributed by atoms with Gasteiger partial charge in [0.2, 0.25) is 5.91 Å². The Hall–Kier alpha value is -3.05. The molecular formula is C27H28N2O2S. The molecule has 2 amide bonds. The van der Waals surface area contributed by atoms with Gasteiger partial charge in [0, 0.05) is 17.8 Å². The molecule has 4 nitrogen and oxygen atoms in total. The van der Waals surface area contributed by atoms with E-state index in [-0.39, 0.29) is 17.2 Å². The van der Waals surface area contributed by atoms with Crippen LogP contribution in [0.4, 0.5) is 5.69 Å². The van der Waals surface area contributed by atoms with Gasteiger partial charge in [0.25, 0.3) is 5.91 Å². The van der Waals surface area contributed by atoms with E-state index in [1.54, 1.807) is 11.8 Å². The van der Waals surface area contributed by atoms with Crippen LogP contribution in [0.1, 0.15) is 51.8 Å². The van der Waals surface area contributed by atoms with Crippen LogP contribution in [0.2, 0.25) is 0 Å². The van der Waals surface area contributed by atoms with Crippen molar-refractivity contribution in [1.82, 2.24) is 4.90 Å². The third kappa shape index (κ3) is 4.73. The molecule has 32 heavy (non-hydrogen) atoms. The highest BCUT2D eigenvalue weighted by molar-refractivity contribution is 8.00. The summed E-state index contributed by atoms with van der Waals surface area (Å²) in [5, 5.41) is 3.09. The Morgan fingerprint density at radius 3 is 2.22 bits per heavy atom. The Morgan fingerprint density at radius 1 is 0.938 bits per heavy atom. The number of hydrogen-bond acceptors (Lipinski definition) is 3. The SMILES string of the molecule is CCc1cccc(CC)c1NC(=O)c1ccc([C@@H]2SCC(=O)N2Cc2ccccc2)cc1. The number of hydrogen-bond donors (Lipinski definition) is 1. The zero-order valence-corrected chi connectivity index (χ0v) is 19.3. The van der Waals surface area contributed by atoms with Gasteiger partial charge in [0.1, 0.15) is 5.37 Å². The lowest BCUT2D eigenvalue weighted by atomic mass is 10.0. The second-order valence-electron chi connectivity index (χ2n) is 7.91. The van der Waals surface area contributed by atoms with E-state index in [1.165, 1.54) is 0 Å². The molecule has 1 heterocycles. The molecular weight excluding hydrogens is 416 g/mol. The first-order valence-corrected chi connectivity index (χ1v) is 12.1. The Bertz CT molecular complexity index is 1070. The summed E-state index contributed by atoms with van der Waals surface area (Å²) in [6.45, 7) is 4.79. The minimum Gasteiger partial charge on any atom is -0.322 e. The number of amides is 2. The smallest absolute Gasteiger partial charge is 0.255 e. The molecule has 3 aromatic rings. The fraction of sp³-hybridized carbons (Fsp3) is 0.259. The van der Waals surface area contributed by atoms with Gasteiger partial charge in [0.15, 0.2) is 0 Å². The molecule has 1 N–H and O–H groups in total. The second kappa shape index (κ2) is 10.0. The quantitative estimate of drug-likeness (QED) is 0.498. The molecule has 0 spiro atoms. The monoisotopic (exact) mass is 444 g/mol. The lowest BCUT2D eigenvalue weighted by molar-refractivity contribution is -0.128. The van der Waals surface area contributed by atoms with Gasteiger partial charge < -0.3 is 10.2 Å². The number of para-hydroxylation sites is 1. The zero-order chi connectivity index (χ0) is 22.5. The van der Waals surface area contributed by atoms with E-state index >= 15 is 0 Å².